The highest BCUT2D eigenvalue weighted by molar-refractivity contribution is 7.99. The number of imidazole rings is 1. The summed E-state index contributed by atoms with van der Waals surface area (Å²) in [6.45, 7) is 0.701. The maximum absolute atomic E-state index is 12.2. The highest BCUT2D eigenvalue weighted by Crippen LogP contribution is 2.18. The van der Waals surface area contributed by atoms with Crippen LogP contribution in [-0.2, 0) is 17.8 Å². The molecule has 6 heteroatoms. The summed E-state index contributed by atoms with van der Waals surface area (Å²) in [5, 5.41) is 6.41. The number of thioether (sulfide) groups is 1. The number of rotatable bonds is 2. The maximum atomic E-state index is 12.2. The minimum Gasteiger partial charge on any atom is -0.351 e. The lowest BCUT2D eigenvalue weighted by Gasteiger charge is -2.27. The second-order valence-corrected chi connectivity index (χ2v) is 6.04. The summed E-state index contributed by atoms with van der Waals surface area (Å²) in [5.74, 6) is 2.40. The van der Waals surface area contributed by atoms with Crippen LogP contribution in [0.2, 0.25) is 0 Å². The van der Waals surface area contributed by atoms with Crippen molar-refractivity contribution in [2.75, 3.05) is 11.5 Å². The van der Waals surface area contributed by atoms with E-state index >= 15 is 0 Å². The Morgan fingerprint density at radius 1 is 1.56 bits per heavy atom. The number of carbonyl (C=O) groups is 1. The molecule has 1 aromatic heterocycles. The molecule has 1 aromatic rings. The molecule has 2 aliphatic rings. The fourth-order valence-electron chi connectivity index (χ4n) is 2.51. The third kappa shape index (κ3) is 2.54. The van der Waals surface area contributed by atoms with E-state index < -0.39 is 0 Å². The first kappa shape index (κ1) is 12.0. The number of hydrogen-bond donors (Lipinski definition) is 3. The summed E-state index contributed by atoms with van der Waals surface area (Å²) in [6, 6.07) is 0.214. The summed E-state index contributed by atoms with van der Waals surface area (Å²) < 4.78 is 0. The molecule has 98 valence electrons. The van der Waals surface area contributed by atoms with E-state index in [1.165, 1.54) is 12.2 Å². The number of H-pyrrole nitrogens is 1. The van der Waals surface area contributed by atoms with Crippen molar-refractivity contribution in [2.45, 2.75) is 37.9 Å². The molecule has 0 spiro atoms. The van der Waals surface area contributed by atoms with E-state index in [1.807, 2.05) is 11.8 Å². The monoisotopic (exact) mass is 266 g/mol. The number of amides is 1. The Morgan fingerprint density at radius 2 is 2.50 bits per heavy atom. The van der Waals surface area contributed by atoms with Gasteiger partial charge in [-0.1, -0.05) is 0 Å². The average molecular weight is 266 g/mol. The average Bonchev–Trinajstić information content (AvgIpc) is 2.87. The second kappa shape index (κ2) is 5.32. The molecule has 5 nitrogen and oxygen atoms in total. The van der Waals surface area contributed by atoms with Crippen molar-refractivity contribution in [1.29, 1.82) is 0 Å². The molecule has 3 N–H and O–H groups in total. The van der Waals surface area contributed by atoms with Gasteiger partial charge in [0.05, 0.1) is 23.8 Å². The Bertz CT molecular complexity index is 427. The Morgan fingerprint density at radius 3 is 3.33 bits per heavy atom. The zero-order valence-electron chi connectivity index (χ0n) is 10.2. The Kier molecular flexibility index (Phi) is 3.56. The highest BCUT2D eigenvalue weighted by atomic mass is 32.2. The van der Waals surface area contributed by atoms with Crippen LogP contribution in [0.4, 0.5) is 0 Å². The number of hydrogen-bond acceptors (Lipinski definition) is 4. The number of fused-ring (bicyclic) bond motifs is 1. The van der Waals surface area contributed by atoms with E-state index in [4.69, 9.17) is 0 Å². The molecule has 2 atom stereocenters. The zero-order chi connectivity index (χ0) is 12.4. The van der Waals surface area contributed by atoms with Gasteiger partial charge in [0.1, 0.15) is 0 Å². The van der Waals surface area contributed by atoms with Crippen molar-refractivity contribution in [2.24, 2.45) is 0 Å². The summed E-state index contributed by atoms with van der Waals surface area (Å²) in [5.41, 5.74) is 2.12. The minimum atomic E-state index is -0.132. The molecule has 1 saturated heterocycles. The SMILES string of the molecule is O=C(NC1CCCSC1)C1Cc2nc[nH]c2CN1. The number of nitrogens with one attached hydrogen (secondary N) is 3. The molecule has 1 fully saturated rings. The lowest BCUT2D eigenvalue weighted by molar-refractivity contribution is -0.124. The predicted octanol–water partition coefficient (Wildman–Crippen LogP) is 0.436. The molecule has 0 saturated carbocycles. The fraction of sp³-hybridized carbons (Fsp3) is 0.667. The van der Waals surface area contributed by atoms with E-state index in [0.29, 0.717) is 19.0 Å². The van der Waals surface area contributed by atoms with Crippen LogP contribution in [0, 0.1) is 0 Å². The molecule has 0 bridgehead atoms. The van der Waals surface area contributed by atoms with Crippen LogP contribution in [0.15, 0.2) is 6.33 Å². The quantitative estimate of drug-likeness (QED) is 0.726. The van der Waals surface area contributed by atoms with Gasteiger partial charge in [0, 0.05) is 24.8 Å². The molecule has 18 heavy (non-hydrogen) atoms. The first-order valence-electron chi connectivity index (χ1n) is 6.45. The fourth-order valence-corrected chi connectivity index (χ4v) is 3.58. The topological polar surface area (TPSA) is 69.8 Å². The number of nitrogens with zero attached hydrogens (tertiary/aromatic N) is 1. The highest BCUT2D eigenvalue weighted by Gasteiger charge is 2.27. The molecule has 2 aliphatic heterocycles. The molecule has 2 unspecified atom stereocenters. The van der Waals surface area contributed by atoms with E-state index in [1.54, 1.807) is 6.33 Å². The Hall–Kier alpha value is -1.01. The van der Waals surface area contributed by atoms with Crippen LogP contribution in [0.3, 0.4) is 0 Å². The normalized spacial score (nSPS) is 27.6. The number of carbonyl (C=O) groups excluding carboxylic acids is 1. The van der Waals surface area contributed by atoms with Crippen LogP contribution in [-0.4, -0.2) is 39.5 Å². The summed E-state index contributed by atoms with van der Waals surface area (Å²) in [7, 11) is 0. The van der Waals surface area contributed by atoms with E-state index in [2.05, 4.69) is 20.6 Å². The van der Waals surface area contributed by atoms with Crippen LogP contribution in [0.25, 0.3) is 0 Å². The largest absolute Gasteiger partial charge is 0.351 e. The van der Waals surface area contributed by atoms with Crippen molar-refractivity contribution in [3.63, 3.8) is 0 Å². The molecule has 1 amide bonds. The summed E-state index contributed by atoms with van der Waals surface area (Å²) >= 11 is 1.93. The molecule has 3 rings (SSSR count). The van der Waals surface area contributed by atoms with Gasteiger partial charge >= 0.3 is 0 Å². The smallest absolute Gasteiger partial charge is 0.237 e. The van der Waals surface area contributed by atoms with Crippen molar-refractivity contribution >= 4 is 17.7 Å². The maximum Gasteiger partial charge on any atom is 0.237 e. The predicted molar refractivity (Wildman–Crippen MR) is 71.4 cm³/mol. The zero-order valence-corrected chi connectivity index (χ0v) is 11.1. The Balaban J connectivity index is 1.57. The van der Waals surface area contributed by atoms with E-state index in [-0.39, 0.29) is 11.9 Å². The summed E-state index contributed by atoms with van der Waals surface area (Å²) in [6.07, 6.45) is 4.70. The molecule has 3 heterocycles. The third-order valence-corrected chi connectivity index (χ3v) is 4.77. The second-order valence-electron chi connectivity index (χ2n) is 4.89. The molecule has 0 radical (unpaired) electrons. The lowest BCUT2D eigenvalue weighted by Crippen LogP contribution is -2.51. The van der Waals surface area contributed by atoms with E-state index in [9.17, 15) is 4.79 Å². The third-order valence-electron chi connectivity index (χ3n) is 3.55. The number of aromatic nitrogens is 2. The van der Waals surface area contributed by atoms with Crippen LogP contribution in [0.5, 0.6) is 0 Å². The number of aromatic amines is 1. The van der Waals surface area contributed by atoms with Crippen LogP contribution >= 0.6 is 11.8 Å². The lowest BCUT2D eigenvalue weighted by atomic mass is 10.0. The van der Waals surface area contributed by atoms with Gasteiger partial charge in [-0.25, -0.2) is 4.98 Å². The first-order chi connectivity index (χ1) is 8.83. The van der Waals surface area contributed by atoms with Gasteiger partial charge < -0.3 is 10.3 Å². The first-order valence-corrected chi connectivity index (χ1v) is 7.61. The van der Waals surface area contributed by atoms with E-state index in [0.717, 1.165) is 23.6 Å². The van der Waals surface area contributed by atoms with Gasteiger partial charge in [0.25, 0.3) is 0 Å². The van der Waals surface area contributed by atoms with Crippen molar-refractivity contribution in [3.05, 3.63) is 17.7 Å². The van der Waals surface area contributed by atoms with Crippen molar-refractivity contribution in [1.82, 2.24) is 20.6 Å². The van der Waals surface area contributed by atoms with Gasteiger partial charge in [-0.05, 0) is 18.6 Å². The van der Waals surface area contributed by atoms with Gasteiger partial charge in [-0.2, -0.15) is 11.8 Å². The standard InChI is InChI=1S/C12H18N4OS/c17-12(16-8-2-1-3-18-6-8)10-4-9-11(5-13-10)15-7-14-9/h7-8,10,13H,1-6H2,(H,14,15)(H,16,17). The van der Waals surface area contributed by atoms with Crippen LogP contribution in [0.1, 0.15) is 24.2 Å². The van der Waals surface area contributed by atoms with Gasteiger partial charge in [-0.15, -0.1) is 0 Å². The Labute approximate surface area is 111 Å². The minimum absolute atomic E-state index is 0.121. The summed E-state index contributed by atoms with van der Waals surface area (Å²) in [4.78, 5) is 19.5. The van der Waals surface area contributed by atoms with Crippen molar-refractivity contribution < 1.29 is 4.79 Å². The molecular weight excluding hydrogens is 248 g/mol. The molecule has 0 aromatic carbocycles. The molecule has 0 aliphatic carbocycles. The molecular formula is C12H18N4OS. The van der Waals surface area contributed by atoms with Crippen LogP contribution < -0.4 is 10.6 Å². The van der Waals surface area contributed by atoms with Gasteiger partial charge in [0.2, 0.25) is 5.91 Å². The van der Waals surface area contributed by atoms with Gasteiger partial charge in [0.15, 0.2) is 0 Å². The van der Waals surface area contributed by atoms with Crippen molar-refractivity contribution in [3.8, 4) is 0 Å². The van der Waals surface area contributed by atoms with Gasteiger partial charge in [-0.3, -0.25) is 10.1 Å².